The van der Waals surface area contributed by atoms with Crippen LogP contribution in [0.4, 0.5) is 14.0 Å². The number of ether oxygens (including phenoxy) is 1. The summed E-state index contributed by atoms with van der Waals surface area (Å²) in [4.78, 5) is 51.8. The fourth-order valence-corrected chi connectivity index (χ4v) is 12.6. The summed E-state index contributed by atoms with van der Waals surface area (Å²) < 4.78 is 27.2. The predicted octanol–water partition coefficient (Wildman–Crippen LogP) is 6.88. The Morgan fingerprint density at radius 3 is 2.09 bits per heavy atom. The second-order valence-corrected chi connectivity index (χ2v) is 19.0. The molecule has 5 rings (SSSR count). The van der Waals surface area contributed by atoms with Gasteiger partial charge in [-0.25, -0.2) is 14.0 Å². The highest BCUT2D eigenvalue weighted by molar-refractivity contribution is 6.78. The summed E-state index contributed by atoms with van der Waals surface area (Å²) in [5, 5.41) is 0.589. The lowest BCUT2D eigenvalue weighted by atomic mass is 10.0. The third-order valence-corrected chi connectivity index (χ3v) is 15.5. The zero-order valence-electron chi connectivity index (χ0n) is 28.7. The largest absolute Gasteiger partial charge is 0.541 e. The molecule has 0 spiro atoms. The Kier molecular flexibility index (Phi) is 9.81. The van der Waals surface area contributed by atoms with Crippen LogP contribution in [0.25, 0.3) is 10.9 Å². The molecule has 0 aliphatic carbocycles. The first-order valence-corrected chi connectivity index (χ1v) is 18.5. The van der Waals surface area contributed by atoms with Crippen LogP contribution in [0.3, 0.4) is 0 Å². The number of carbonyl (C=O) groups excluding carboxylic acids is 3. The third kappa shape index (κ3) is 6.39. The second kappa shape index (κ2) is 13.5. The Balaban J connectivity index is 1.59. The number of pyridine rings is 1. The number of piperazine rings is 1. The van der Waals surface area contributed by atoms with Crippen LogP contribution in [-0.4, -0.2) is 91.2 Å². The summed E-state index contributed by atoms with van der Waals surface area (Å²) in [5.74, 6) is 0.129. The number of aromatic nitrogens is 1. The van der Waals surface area contributed by atoms with E-state index in [2.05, 4.69) is 41.5 Å². The molecule has 12 heteroatoms. The van der Waals surface area contributed by atoms with Crippen molar-refractivity contribution in [2.45, 2.75) is 71.3 Å². The maximum atomic E-state index is 14.4. The van der Waals surface area contributed by atoms with Gasteiger partial charge in [-0.3, -0.25) is 9.78 Å². The Bertz CT molecular complexity index is 1630. The van der Waals surface area contributed by atoms with Crippen LogP contribution >= 0.6 is 0 Å². The molecule has 0 atom stereocenters. The molecule has 1 fully saturated rings. The van der Waals surface area contributed by atoms with Crippen LogP contribution in [0.2, 0.25) is 16.6 Å². The van der Waals surface area contributed by atoms with Gasteiger partial charge < -0.3 is 28.8 Å². The molecule has 0 bridgehead atoms. The minimum Gasteiger partial charge on any atom is -0.541 e. The molecule has 2 aromatic carbocycles. The number of hydrogen-bond donors (Lipinski definition) is 0. The van der Waals surface area contributed by atoms with E-state index in [9.17, 15) is 18.8 Å². The molecule has 10 nitrogen and oxygen atoms in total. The third-order valence-electron chi connectivity index (χ3n) is 9.57. The average Bonchev–Trinajstić information content (AvgIpc) is 3.36. The van der Waals surface area contributed by atoms with Crippen LogP contribution in [0.15, 0.2) is 42.6 Å². The van der Waals surface area contributed by atoms with Gasteiger partial charge in [0, 0.05) is 64.0 Å². The predicted molar refractivity (Wildman–Crippen MR) is 182 cm³/mol. The Hall–Kier alpha value is -4.19. The maximum absolute atomic E-state index is 14.4. The van der Waals surface area contributed by atoms with Crippen molar-refractivity contribution >= 4 is 37.3 Å². The number of carbonyl (C=O) groups is 3. The van der Waals surface area contributed by atoms with Crippen LogP contribution in [0.1, 0.15) is 63.0 Å². The van der Waals surface area contributed by atoms with E-state index >= 15 is 0 Å². The van der Waals surface area contributed by atoms with Crippen molar-refractivity contribution in [1.29, 1.82) is 0 Å². The van der Waals surface area contributed by atoms with Gasteiger partial charge >= 0.3 is 12.1 Å². The summed E-state index contributed by atoms with van der Waals surface area (Å²) in [7, 11) is 0.838. The van der Waals surface area contributed by atoms with E-state index in [0.717, 1.165) is 5.56 Å². The maximum Gasteiger partial charge on any atom is 0.415 e. The highest BCUT2D eigenvalue weighted by Gasteiger charge is 2.49. The molecule has 0 N–H and O–H groups in total. The molecular formula is C35H46FN5O5Si. The van der Waals surface area contributed by atoms with Gasteiger partial charge in [-0.15, -0.1) is 0 Å². The number of benzene rings is 2. The van der Waals surface area contributed by atoms with Gasteiger partial charge in [-0.2, -0.15) is 0 Å². The Morgan fingerprint density at radius 2 is 1.51 bits per heavy atom. The molecule has 2 aliphatic heterocycles. The number of amides is 4. The fraction of sp³-hybridized carbons (Fsp3) is 0.486. The van der Waals surface area contributed by atoms with E-state index in [1.54, 1.807) is 53.2 Å². The van der Waals surface area contributed by atoms with Crippen molar-refractivity contribution in [1.82, 2.24) is 24.6 Å². The SMILES string of the molecule is CC(C)[Si](Oc1c2c(c(OC(=O)N3CCN(C(=O)N(C)C)CC3)c3cccnc13)CN(Cc1ccc(F)cc1)C2=O)(C(C)C)C(C)C. The van der Waals surface area contributed by atoms with Gasteiger partial charge in [-0.1, -0.05) is 53.7 Å². The first-order chi connectivity index (χ1) is 22.3. The van der Waals surface area contributed by atoms with Crippen LogP contribution in [0.5, 0.6) is 11.5 Å². The van der Waals surface area contributed by atoms with Crippen molar-refractivity contribution in [2.24, 2.45) is 0 Å². The minimum atomic E-state index is -2.56. The lowest BCUT2D eigenvalue weighted by Crippen LogP contribution is -2.53. The quantitative estimate of drug-likeness (QED) is 0.244. The number of fused-ring (bicyclic) bond motifs is 2. The zero-order chi connectivity index (χ0) is 34.2. The number of hydrogen-bond acceptors (Lipinski definition) is 6. The smallest absolute Gasteiger partial charge is 0.415 e. The van der Waals surface area contributed by atoms with Gasteiger partial charge in [0.25, 0.3) is 14.2 Å². The van der Waals surface area contributed by atoms with E-state index in [-0.39, 0.29) is 53.2 Å². The molecule has 4 amide bonds. The molecule has 252 valence electrons. The number of nitrogens with zero attached hydrogens (tertiary/aromatic N) is 5. The minimum absolute atomic E-state index is 0.105. The summed E-state index contributed by atoms with van der Waals surface area (Å²) in [6.45, 7) is 15.0. The average molecular weight is 664 g/mol. The molecule has 2 aliphatic rings. The van der Waals surface area contributed by atoms with Gasteiger partial charge in [0.2, 0.25) is 0 Å². The standard InChI is InChI=1S/C35H46FN5O5Si/c1-22(2)47(23(3)4,24(5)6)46-32-29-28(21-41(33(29)42)20-25-11-13-26(36)14-12-25)31(27-10-9-15-37-30(27)32)45-35(44)40-18-16-39(17-19-40)34(43)38(7)8/h9-15,22-24H,16-21H2,1-8H3. The summed E-state index contributed by atoms with van der Waals surface area (Å²) >= 11 is 0. The van der Waals surface area contributed by atoms with Crippen molar-refractivity contribution in [3.05, 3.63) is 65.1 Å². The van der Waals surface area contributed by atoms with Crippen LogP contribution in [-0.2, 0) is 13.1 Å². The van der Waals surface area contributed by atoms with Gasteiger partial charge in [0.05, 0.1) is 12.1 Å². The highest BCUT2D eigenvalue weighted by atomic mass is 28.4. The summed E-state index contributed by atoms with van der Waals surface area (Å²) in [6, 6.07) is 9.61. The van der Waals surface area contributed by atoms with E-state index in [1.165, 1.54) is 17.0 Å². The first kappa shape index (κ1) is 34.1. The van der Waals surface area contributed by atoms with Crippen molar-refractivity contribution < 1.29 is 27.9 Å². The van der Waals surface area contributed by atoms with Gasteiger partial charge in [-0.05, 0) is 46.5 Å². The van der Waals surface area contributed by atoms with Crippen molar-refractivity contribution in [3.8, 4) is 11.5 Å². The fourth-order valence-electron chi connectivity index (χ4n) is 7.30. The zero-order valence-corrected chi connectivity index (χ0v) is 29.7. The molecule has 0 radical (unpaired) electrons. The molecular weight excluding hydrogens is 617 g/mol. The number of urea groups is 1. The molecule has 47 heavy (non-hydrogen) atoms. The van der Waals surface area contributed by atoms with Gasteiger partial charge in [0.15, 0.2) is 0 Å². The van der Waals surface area contributed by atoms with E-state index in [0.29, 0.717) is 54.0 Å². The molecule has 1 aromatic heterocycles. The molecule has 0 unspecified atom stereocenters. The second-order valence-electron chi connectivity index (χ2n) is 13.6. The summed E-state index contributed by atoms with van der Waals surface area (Å²) in [6.07, 6.45) is 1.11. The van der Waals surface area contributed by atoms with Gasteiger partial charge in [0.1, 0.15) is 22.8 Å². The lowest BCUT2D eigenvalue weighted by molar-refractivity contribution is 0.0765. The molecule has 3 aromatic rings. The van der Waals surface area contributed by atoms with Crippen LogP contribution < -0.4 is 9.16 Å². The Morgan fingerprint density at radius 1 is 0.915 bits per heavy atom. The normalized spacial score (nSPS) is 15.2. The van der Waals surface area contributed by atoms with E-state index in [4.69, 9.17) is 14.1 Å². The monoisotopic (exact) mass is 663 g/mol. The first-order valence-electron chi connectivity index (χ1n) is 16.3. The van der Waals surface area contributed by atoms with Crippen molar-refractivity contribution in [2.75, 3.05) is 40.3 Å². The lowest BCUT2D eigenvalue weighted by Gasteiger charge is -2.42. The van der Waals surface area contributed by atoms with Crippen molar-refractivity contribution in [3.63, 3.8) is 0 Å². The molecule has 1 saturated heterocycles. The molecule has 3 heterocycles. The van der Waals surface area contributed by atoms with E-state index < -0.39 is 14.4 Å². The summed E-state index contributed by atoms with van der Waals surface area (Å²) in [5.41, 5.74) is 2.89. The number of rotatable bonds is 8. The van der Waals surface area contributed by atoms with E-state index in [1.807, 2.05) is 6.07 Å². The highest BCUT2D eigenvalue weighted by Crippen LogP contribution is 2.49. The number of halogens is 1. The van der Waals surface area contributed by atoms with Crippen LogP contribution in [0, 0.1) is 5.82 Å². The topological polar surface area (TPSA) is 95.5 Å². The Labute approximate surface area is 277 Å². The molecule has 0 saturated carbocycles.